The van der Waals surface area contributed by atoms with Gasteiger partial charge in [0.15, 0.2) is 6.61 Å². The van der Waals surface area contributed by atoms with E-state index in [1.165, 1.54) is 23.5 Å². The zero-order valence-corrected chi connectivity index (χ0v) is 18.1. The number of anilines is 2. The van der Waals surface area contributed by atoms with E-state index in [2.05, 4.69) is 5.32 Å². The molecule has 0 radical (unpaired) electrons. The van der Waals surface area contributed by atoms with Crippen LogP contribution < -0.4 is 14.4 Å². The molecule has 0 saturated heterocycles. The second-order valence-corrected chi connectivity index (χ2v) is 9.59. The van der Waals surface area contributed by atoms with E-state index in [0.29, 0.717) is 22.1 Å². The van der Waals surface area contributed by atoms with E-state index in [1.54, 1.807) is 47.8 Å². The summed E-state index contributed by atoms with van der Waals surface area (Å²) < 4.78 is 32.0. The van der Waals surface area contributed by atoms with E-state index >= 15 is 0 Å². The largest absolute Gasteiger partial charge is 0.484 e. The number of nitrogens with zero attached hydrogens (tertiary/aromatic N) is 2. The molecule has 154 valence electrons. The molecule has 2 aromatic carbocycles. The first-order chi connectivity index (χ1) is 14.3. The van der Waals surface area contributed by atoms with Crippen LogP contribution in [0.15, 0.2) is 64.2 Å². The highest BCUT2D eigenvalue weighted by Crippen LogP contribution is 2.26. The highest BCUT2D eigenvalue weighted by molar-refractivity contribution is 7.94. The number of halogens is 1. The normalized spacial score (nSPS) is 10.8. The summed E-state index contributed by atoms with van der Waals surface area (Å²) >= 11 is 7.01. The van der Waals surface area contributed by atoms with Gasteiger partial charge in [-0.1, -0.05) is 17.7 Å². The van der Waals surface area contributed by atoms with Crippen LogP contribution in [0.25, 0.3) is 0 Å². The molecule has 1 aromatic heterocycles. The van der Waals surface area contributed by atoms with Crippen LogP contribution >= 0.6 is 22.9 Å². The van der Waals surface area contributed by atoms with E-state index in [-0.39, 0.29) is 16.4 Å². The lowest BCUT2D eigenvalue weighted by molar-refractivity contribution is -0.118. The standard InChI is InChI=1S/C20H16ClN3O4S2/c1-24(30(26,27)20-3-2-10-29-20)16-5-7-17(8-6-16)28-13-19(25)23-15-4-9-18(21)14(11-15)12-22/h2-11H,13H2,1H3,(H,23,25). The molecular formula is C20H16ClN3O4S2. The third-order valence-corrected chi connectivity index (χ3v) is 7.54. The Morgan fingerprint density at radius 3 is 2.60 bits per heavy atom. The number of thiophene rings is 1. The molecular weight excluding hydrogens is 446 g/mol. The number of hydrogen-bond acceptors (Lipinski definition) is 6. The summed E-state index contributed by atoms with van der Waals surface area (Å²) in [6, 6.07) is 16.1. The van der Waals surface area contributed by atoms with Crippen molar-refractivity contribution in [3.05, 3.63) is 70.6 Å². The fraction of sp³-hybridized carbons (Fsp3) is 0.100. The molecule has 0 aliphatic carbocycles. The number of carbonyl (C=O) groups is 1. The van der Waals surface area contributed by atoms with Crippen molar-refractivity contribution in [3.8, 4) is 11.8 Å². The van der Waals surface area contributed by atoms with Crippen LogP contribution in [0.1, 0.15) is 5.56 Å². The minimum absolute atomic E-state index is 0.253. The summed E-state index contributed by atoms with van der Waals surface area (Å²) in [7, 11) is -2.14. The van der Waals surface area contributed by atoms with Gasteiger partial charge in [0.1, 0.15) is 16.0 Å². The SMILES string of the molecule is CN(c1ccc(OCC(=O)Nc2ccc(Cl)c(C#N)c2)cc1)S(=O)(=O)c1cccs1. The monoisotopic (exact) mass is 461 g/mol. The van der Waals surface area contributed by atoms with Crippen LogP contribution in [0.3, 0.4) is 0 Å². The van der Waals surface area contributed by atoms with Gasteiger partial charge in [-0.2, -0.15) is 5.26 Å². The maximum atomic E-state index is 12.6. The van der Waals surface area contributed by atoms with E-state index in [1.807, 2.05) is 6.07 Å². The first-order valence-corrected chi connectivity index (χ1v) is 11.3. The van der Waals surface area contributed by atoms with Crippen molar-refractivity contribution in [2.75, 3.05) is 23.3 Å². The highest BCUT2D eigenvalue weighted by atomic mass is 35.5. The van der Waals surface area contributed by atoms with E-state index in [9.17, 15) is 13.2 Å². The summed E-state index contributed by atoms with van der Waals surface area (Å²) in [4.78, 5) is 12.1. The van der Waals surface area contributed by atoms with Gasteiger partial charge in [0.05, 0.1) is 16.3 Å². The third kappa shape index (κ3) is 4.91. The van der Waals surface area contributed by atoms with Gasteiger partial charge in [-0.25, -0.2) is 8.42 Å². The van der Waals surface area contributed by atoms with Gasteiger partial charge in [-0.3, -0.25) is 9.10 Å². The van der Waals surface area contributed by atoms with Crippen LogP contribution in [0.2, 0.25) is 5.02 Å². The molecule has 1 amide bonds. The zero-order valence-electron chi connectivity index (χ0n) is 15.7. The average Bonchev–Trinajstić information content (AvgIpc) is 3.29. The lowest BCUT2D eigenvalue weighted by atomic mass is 10.2. The van der Waals surface area contributed by atoms with E-state index < -0.39 is 15.9 Å². The Morgan fingerprint density at radius 2 is 1.97 bits per heavy atom. The molecule has 0 aliphatic rings. The molecule has 0 fully saturated rings. The molecule has 7 nitrogen and oxygen atoms in total. The number of sulfonamides is 1. The summed E-state index contributed by atoms with van der Waals surface area (Å²) in [5.74, 6) is -0.00711. The van der Waals surface area contributed by atoms with Gasteiger partial charge >= 0.3 is 0 Å². The first kappa shape index (κ1) is 21.6. The molecule has 3 rings (SSSR count). The van der Waals surface area contributed by atoms with Gasteiger partial charge in [0, 0.05) is 12.7 Å². The Morgan fingerprint density at radius 1 is 1.23 bits per heavy atom. The van der Waals surface area contributed by atoms with E-state index in [0.717, 1.165) is 11.3 Å². The smallest absolute Gasteiger partial charge is 0.273 e. The molecule has 1 N–H and O–H groups in total. The molecule has 0 bridgehead atoms. The van der Waals surface area contributed by atoms with Crippen molar-refractivity contribution < 1.29 is 17.9 Å². The number of hydrogen-bond donors (Lipinski definition) is 1. The Bertz CT molecular complexity index is 1190. The van der Waals surface area contributed by atoms with Crippen LogP contribution in [-0.4, -0.2) is 28.0 Å². The number of rotatable bonds is 7. The number of nitriles is 1. The van der Waals surface area contributed by atoms with Crippen molar-refractivity contribution in [2.45, 2.75) is 4.21 Å². The molecule has 0 spiro atoms. The lowest BCUT2D eigenvalue weighted by Gasteiger charge is -2.18. The Balaban J connectivity index is 1.59. The maximum Gasteiger partial charge on any atom is 0.273 e. The van der Waals surface area contributed by atoms with Gasteiger partial charge in [-0.15, -0.1) is 11.3 Å². The Hall–Kier alpha value is -3.06. The first-order valence-electron chi connectivity index (χ1n) is 8.56. The van der Waals surface area contributed by atoms with Crippen LogP contribution in [-0.2, 0) is 14.8 Å². The second-order valence-electron chi connectivity index (χ2n) is 6.04. The van der Waals surface area contributed by atoms with Gasteiger partial charge in [0.25, 0.3) is 15.9 Å². The molecule has 10 heteroatoms. The molecule has 1 heterocycles. The van der Waals surface area contributed by atoms with Gasteiger partial charge < -0.3 is 10.1 Å². The highest BCUT2D eigenvalue weighted by Gasteiger charge is 2.22. The number of carbonyl (C=O) groups excluding carboxylic acids is 1. The van der Waals surface area contributed by atoms with Crippen molar-refractivity contribution in [3.63, 3.8) is 0 Å². The van der Waals surface area contributed by atoms with Gasteiger partial charge in [0.2, 0.25) is 0 Å². The van der Waals surface area contributed by atoms with Crippen molar-refractivity contribution in [1.82, 2.24) is 0 Å². The number of amides is 1. The van der Waals surface area contributed by atoms with Crippen LogP contribution in [0.5, 0.6) is 5.75 Å². The zero-order chi connectivity index (χ0) is 21.7. The topological polar surface area (TPSA) is 99.5 Å². The second kappa shape index (κ2) is 9.17. The van der Waals surface area contributed by atoms with Crippen LogP contribution in [0.4, 0.5) is 11.4 Å². The van der Waals surface area contributed by atoms with Crippen LogP contribution in [0, 0.1) is 11.3 Å². The van der Waals surface area contributed by atoms with Gasteiger partial charge in [-0.05, 0) is 53.9 Å². The molecule has 3 aromatic rings. The summed E-state index contributed by atoms with van der Waals surface area (Å²) in [6.45, 7) is -0.257. The maximum absolute atomic E-state index is 12.6. The number of ether oxygens (including phenoxy) is 1. The number of nitrogens with one attached hydrogen (secondary N) is 1. The summed E-state index contributed by atoms with van der Waals surface area (Å²) in [5, 5.41) is 13.6. The van der Waals surface area contributed by atoms with Crippen molar-refractivity contribution in [1.29, 1.82) is 5.26 Å². The fourth-order valence-corrected chi connectivity index (χ4v) is 4.99. The quantitative estimate of drug-likeness (QED) is 0.570. The minimum atomic E-state index is -3.62. The molecule has 0 atom stereocenters. The summed E-state index contributed by atoms with van der Waals surface area (Å²) in [5.41, 5.74) is 1.15. The molecule has 30 heavy (non-hydrogen) atoms. The average molecular weight is 462 g/mol. The molecule has 0 unspecified atom stereocenters. The minimum Gasteiger partial charge on any atom is -0.484 e. The molecule has 0 aliphatic heterocycles. The van der Waals surface area contributed by atoms with E-state index in [4.69, 9.17) is 21.6 Å². The number of benzene rings is 2. The van der Waals surface area contributed by atoms with Crippen molar-refractivity contribution >= 4 is 50.2 Å². The summed E-state index contributed by atoms with van der Waals surface area (Å²) in [6.07, 6.45) is 0. The predicted octanol–water partition coefficient (Wildman–Crippen LogP) is 4.12. The predicted molar refractivity (Wildman–Crippen MR) is 117 cm³/mol. The third-order valence-electron chi connectivity index (χ3n) is 4.05. The fourth-order valence-electron chi connectivity index (χ4n) is 2.47. The Labute approximate surface area is 183 Å². The van der Waals surface area contributed by atoms with Crippen molar-refractivity contribution in [2.24, 2.45) is 0 Å². The lowest BCUT2D eigenvalue weighted by Crippen LogP contribution is -2.25. The Kier molecular flexibility index (Phi) is 6.62. The molecule has 0 saturated carbocycles.